The SMILES string of the molecule is CCCOc1nc2c(O)c(Br)cc(Br)c2o1. The minimum absolute atomic E-state index is 0.0494. The smallest absolute Gasteiger partial charge is 0.394 e. The van der Waals surface area contributed by atoms with E-state index in [-0.39, 0.29) is 11.8 Å². The third-order valence-electron chi connectivity index (χ3n) is 1.96. The van der Waals surface area contributed by atoms with Crippen LogP contribution in [0.15, 0.2) is 19.4 Å². The molecule has 0 aliphatic heterocycles. The fourth-order valence-corrected chi connectivity index (χ4v) is 2.45. The molecule has 0 aliphatic carbocycles. The largest absolute Gasteiger partial charge is 0.504 e. The maximum atomic E-state index is 9.78. The van der Waals surface area contributed by atoms with E-state index in [1.165, 1.54) is 0 Å². The molecule has 0 fully saturated rings. The highest BCUT2D eigenvalue weighted by Gasteiger charge is 2.16. The monoisotopic (exact) mass is 349 g/mol. The van der Waals surface area contributed by atoms with Crippen LogP contribution in [0.3, 0.4) is 0 Å². The summed E-state index contributed by atoms with van der Waals surface area (Å²) in [6.45, 7) is 2.53. The third kappa shape index (κ3) is 2.04. The number of phenols is 1. The number of fused-ring (bicyclic) bond motifs is 1. The van der Waals surface area contributed by atoms with Crippen molar-refractivity contribution in [3.05, 3.63) is 15.0 Å². The second-order valence-electron chi connectivity index (χ2n) is 3.19. The van der Waals surface area contributed by atoms with Gasteiger partial charge in [-0.2, -0.15) is 4.98 Å². The highest BCUT2D eigenvalue weighted by molar-refractivity contribution is 9.11. The minimum atomic E-state index is 0.0494. The number of oxazole rings is 1. The molecule has 1 heterocycles. The molecule has 6 heteroatoms. The molecule has 0 amide bonds. The topological polar surface area (TPSA) is 55.5 Å². The van der Waals surface area contributed by atoms with Crippen molar-refractivity contribution in [1.29, 1.82) is 0 Å². The molecule has 86 valence electrons. The summed E-state index contributed by atoms with van der Waals surface area (Å²) in [5, 5.41) is 9.78. The molecule has 0 radical (unpaired) electrons. The van der Waals surface area contributed by atoms with Gasteiger partial charge in [0.05, 0.1) is 15.6 Å². The second kappa shape index (κ2) is 4.63. The number of nitrogens with zero attached hydrogens (tertiary/aromatic N) is 1. The fourth-order valence-electron chi connectivity index (χ4n) is 1.23. The van der Waals surface area contributed by atoms with E-state index >= 15 is 0 Å². The Hall–Kier alpha value is -0.750. The first kappa shape index (κ1) is 11.7. The van der Waals surface area contributed by atoms with Crippen LogP contribution in [0.2, 0.25) is 0 Å². The van der Waals surface area contributed by atoms with Crippen molar-refractivity contribution in [3.8, 4) is 11.8 Å². The third-order valence-corrected chi connectivity index (χ3v) is 3.15. The summed E-state index contributed by atoms with van der Waals surface area (Å²) >= 11 is 6.56. The number of halogens is 2. The lowest BCUT2D eigenvalue weighted by molar-refractivity contribution is 0.237. The van der Waals surface area contributed by atoms with E-state index in [2.05, 4.69) is 36.8 Å². The van der Waals surface area contributed by atoms with Crippen LogP contribution in [-0.4, -0.2) is 16.7 Å². The molecule has 2 aromatic rings. The van der Waals surface area contributed by atoms with Crippen LogP contribution in [0.5, 0.6) is 11.8 Å². The van der Waals surface area contributed by atoms with E-state index in [1.807, 2.05) is 6.92 Å². The molecule has 0 unspecified atom stereocenters. The highest BCUT2D eigenvalue weighted by Crippen LogP contribution is 2.38. The molecule has 0 bridgehead atoms. The Balaban J connectivity index is 2.52. The Bertz CT molecular complexity index is 524. The van der Waals surface area contributed by atoms with Gasteiger partial charge in [0.15, 0.2) is 16.8 Å². The van der Waals surface area contributed by atoms with Crippen LogP contribution in [0.25, 0.3) is 11.1 Å². The summed E-state index contributed by atoms with van der Waals surface area (Å²) in [5.74, 6) is 0.0494. The highest BCUT2D eigenvalue weighted by atomic mass is 79.9. The van der Waals surface area contributed by atoms with E-state index in [0.29, 0.717) is 26.7 Å². The van der Waals surface area contributed by atoms with Crippen molar-refractivity contribution < 1.29 is 14.3 Å². The number of aromatic hydroxyl groups is 1. The van der Waals surface area contributed by atoms with Gasteiger partial charge in [0.25, 0.3) is 0 Å². The summed E-state index contributed by atoms with van der Waals surface area (Å²) in [5.41, 5.74) is 0.860. The number of phenolic OH excluding ortho intramolecular Hbond substituents is 1. The van der Waals surface area contributed by atoms with E-state index < -0.39 is 0 Å². The summed E-state index contributed by atoms with van der Waals surface area (Å²) in [6.07, 6.45) is 1.04. The van der Waals surface area contributed by atoms with E-state index in [9.17, 15) is 5.11 Å². The van der Waals surface area contributed by atoms with Crippen LogP contribution in [0, 0.1) is 0 Å². The van der Waals surface area contributed by atoms with E-state index in [4.69, 9.17) is 9.15 Å². The maximum absolute atomic E-state index is 9.78. The molecule has 0 atom stereocenters. The van der Waals surface area contributed by atoms with E-state index in [0.717, 1.165) is 6.42 Å². The second-order valence-corrected chi connectivity index (χ2v) is 4.90. The van der Waals surface area contributed by atoms with Crippen molar-refractivity contribution >= 4 is 43.0 Å². The van der Waals surface area contributed by atoms with Crippen LogP contribution in [0.1, 0.15) is 13.3 Å². The lowest BCUT2D eigenvalue weighted by atomic mass is 10.3. The molecule has 0 aliphatic rings. The van der Waals surface area contributed by atoms with Gasteiger partial charge in [-0.25, -0.2) is 0 Å². The average molecular weight is 351 g/mol. The first-order valence-electron chi connectivity index (χ1n) is 4.73. The van der Waals surface area contributed by atoms with Crippen molar-refractivity contribution in [1.82, 2.24) is 4.98 Å². The van der Waals surface area contributed by atoms with Crippen LogP contribution in [0.4, 0.5) is 0 Å². The molecule has 0 spiro atoms. The molecule has 0 saturated carbocycles. The predicted octanol–water partition coefficient (Wildman–Crippen LogP) is 3.85. The van der Waals surface area contributed by atoms with Gasteiger partial charge in [-0.3, -0.25) is 0 Å². The average Bonchev–Trinajstić information content (AvgIpc) is 2.68. The number of rotatable bonds is 3. The number of hydrogen-bond donors (Lipinski definition) is 1. The molecule has 0 saturated heterocycles. The van der Waals surface area contributed by atoms with Crippen LogP contribution < -0.4 is 4.74 Å². The van der Waals surface area contributed by atoms with Gasteiger partial charge in [-0.05, 0) is 44.3 Å². The standard InChI is InChI=1S/C10H9Br2NO3/c1-2-3-15-10-13-7-8(14)5(11)4-6(12)9(7)16-10/h4,14H,2-3H2,1H3. The summed E-state index contributed by atoms with van der Waals surface area (Å²) < 4.78 is 11.9. The number of hydrogen-bond acceptors (Lipinski definition) is 4. The summed E-state index contributed by atoms with van der Waals surface area (Å²) in [4.78, 5) is 4.07. The quantitative estimate of drug-likeness (QED) is 0.913. The van der Waals surface area contributed by atoms with Crippen LogP contribution in [-0.2, 0) is 0 Å². The lowest BCUT2D eigenvalue weighted by Gasteiger charge is -1.97. The molecule has 1 aromatic heterocycles. The zero-order chi connectivity index (χ0) is 11.7. The van der Waals surface area contributed by atoms with Crippen LogP contribution >= 0.6 is 31.9 Å². The molecule has 1 aromatic carbocycles. The Labute approximate surface area is 109 Å². The number of benzene rings is 1. The Morgan fingerprint density at radius 2 is 2.19 bits per heavy atom. The Morgan fingerprint density at radius 1 is 1.44 bits per heavy atom. The van der Waals surface area contributed by atoms with Crippen molar-refractivity contribution in [2.75, 3.05) is 6.61 Å². The number of ether oxygens (including phenoxy) is 1. The van der Waals surface area contributed by atoms with Gasteiger partial charge in [0.1, 0.15) is 0 Å². The van der Waals surface area contributed by atoms with Crippen molar-refractivity contribution in [2.45, 2.75) is 13.3 Å². The molecule has 16 heavy (non-hydrogen) atoms. The summed E-state index contributed by atoms with van der Waals surface area (Å²) in [7, 11) is 0. The van der Waals surface area contributed by atoms with Crippen molar-refractivity contribution in [2.24, 2.45) is 0 Å². The molecule has 2 rings (SSSR count). The zero-order valence-corrected chi connectivity index (χ0v) is 11.6. The Kier molecular flexibility index (Phi) is 3.39. The van der Waals surface area contributed by atoms with Crippen molar-refractivity contribution in [3.63, 3.8) is 0 Å². The van der Waals surface area contributed by atoms with Gasteiger partial charge in [0.2, 0.25) is 0 Å². The predicted molar refractivity (Wildman–Crippen MR) is 66.9 cm³/mol. The fraction of sp³-hybridized carbons (Fsp3) is 0.300. The Morgan fingerprint density at radius 3 is 2.88 bits per heavy atom. The zero-order valence-electron chi connectivity index (χ0n) is 8.46. The normalized spacial score (nSPS) is 10.9. The summed E-state index contributed by atoms with van der Waals surface area (Å²) in [6, 6.07) is 1.70. The molecular formula is C10H9Br2NO3. The van der Waals surface area contributed by atoms with E-state index in [1.54, 1.807) is 6.07 Å². The first-order chi connectivity index (χ1) is 7.63. The lowest BCUT2D eigenvalue weighted by Crippen LogP contribution is -1.94. The van der Waals surface area contributed by atoms with Gasteiger partial charge in [-0.1, -0.05) is 6.92 Å². The maximum Gasteiger partial charge on any atom is 0.394 e. The van der Waals surface area contributed by atoms with Gasteiger partial charge in [0, 0.05) is 0 Å². The molecule has 1 N–H and O–H groups in total. The van der Waals surface area contributed by atoms with Gasteiger partial charge >= 0.3 is 6.08 Å². The minimum Gasteiger partial charge on any atom is -0.504 e. The first-order valence-corrected chi connectivity index (χ1v) is 6.32. The molecular weight excluding hydrogens is 342 g/mol. The molecule has 4 nitrogen and oxygen atoms in total. The van der Waals surface area contributed by atoms with Gasteiger partial charge in [-0.15, -0.1) is 0 Å². The number of aromatic nitrogens is 1. The van der Waals surface area contributed by atoms with Gasteiger partial charge < -0.3 is 14.3 Å².